The van der Waals surface area contributed by atoms with E-state index in [2.05, 4.69) is 15.2 Å². The lowest BCUT2D eigenvalue weighted by Crippen LogP contribution is -2.45. The molecule has 0 aliphatic carbocycles. The monoisotopic (exact) mass is 240 g/mol. The minimum atomic E-state index is -0.456. The summed E-state index contributed by atoms with van der Waals surface area (Å²) in [7, 11) is 1.33. The number of ether oxygens (including phenoxy) is 2. The first kappa shape index (κ1) is 12.1. The van der Waals surface area contributed by atoms with Crippen molar-refractivity contribution in [2.75, 3.05) is 33.4 Å². The Balaban J connectivity index is 1.82. The summed E-state index contributed by atoms with van der Waals surface area (Å²) < 4.78 is 15.1. The van der Waals surface area contributed by atoms with Crippen LogP contribution in [0, 0.1) is 0 Å². The van der Waals surface area contributed by atoms with Crippen molar-refractivity contribution in [2.24, 2.45) is 0 Å². The maximum absolute atomic E-state index is 11.2. The Bertz CT molecular complexity index is 371. The maximum atomic E-state index is 11.2. The fourth-order valence-electron chi connectivity index (χ4n) is 1.59. The van der Waals surface area contributed by atoms with Crippen LogP contribution in [0.3, 0.4) is 0 Å². The summed E-state index contributed by atoms with van der Waals surface area (Å²) in [6.07, 6.45) is 0. The molecule has 2 rings (SSSR count). The quantitative estimate of drug-likeness (QED) is 0.769. The average molecular weight is 240 g/mol. The van der Waals surface area contributed by atoms with Crippen molar-refractivity contribution in [1.29, 1.82) is 0 Å². The van der Waals surface area contributed by atoms with Gasteiger partial charge in [-0.05, 0) is 12.1 Å². The summed E-state index contributed by atoms with van der Waals surface area (Å²) >= 11 is 0. The van der Waals surface area contributed by atoms with Gasteiger partial charge in [0, 0.05) is 13.1 Å². The Morgan fingerprint density at radius 2 is 2.24 bits per heavy atom. The third kappa shape index (κ3) is 3.29. The van der Waals surface area contributed by atoms with Crippen LogP contribution in [-0.4, -0.2) is 44.4 Å². The van der Waals surface area contributed by atoms with Crippen molar-refractivity contribution < 1.29 is 18.7 Å². The highest BCUT2D eigenvalue weighted by molar-refractivity contribution is 5.86. The lowest BCUT2D eigenvalue weighted by Gasteiger charge is -2.26. The van der Waals surface area contributed by atoms with Crippen molar-refractivity contribution in [3.8, 4) is 0 Å². The second-order valence-corrected chi connectivity index (χ2v) is 3.69. The van der Waals surface area contributed by atoms with Gasteiger partial charge in [-0.25, -0.2) is 15.2 Å². The molecule has 0 radical (unpaired) electrons. The first-order valence-corrected chi connectivity index (χ1v) is 5.53. The molecule has 0 bridgehead atoms. The number of nitrogens with zero attached hydrogens (tertiary/aromatic N) is 1. The molecule has 6 heteroatoms. The summed E-state index contributed by atoms with van der Waals surface area (Å²) in [5, 5.41) is 2.07. The van der Waals surface area contributed by atoms with Crippen LogP contribution in [0.5, 0.6) is 0 Å². The summed E-state index contributed by atoms with van der Waals surface area (Å²) in [4.78, 5) is 11.2. The number of hydrogen-bond acceptors (Lipinski definition) is 6. The third-order valence-electron chi connectivity index (χ3n) is 2.54. The molecule has 2 heterocycles. The van der Waals surface area contributed by atoms with E-state index in [1.165, 1.54) is 7.11 Å². The van der Waals surface area contributed by atoms with Gasteiger partial charge in [0.15, 0.2) is 0 Å². The van der Waals surface area contributed by atoms with E-state index in [9.17, 15) is 4.79 Å². The summed E-state index contributed by atoms with van der Waals surface area (Å²) in [6, 6.07) is 3.38. The molecule has 1 aromatic heterocycles. The second-order valence-electron chi connectivity index (χ2n) is 3.69. The Morgan fingerprint density at radius 1 is 1.47 bits per heavy atom. The number of morpholine rings is 1. The van der Waals surface area contributed by atoms with E-state index in [4.69, 9.17) is 9.15 Å². The van der Waals surface area contributed by atoms with Crippen molar-refractivity contribution in [1.82, 2.24) is 10.4 Å². The van der Waals surface area contributed by atoms with E-state index >= 15 is 0 Å². The molecule has 6 nitrogen and oxygen atoms in total. The normalized spacial score (nSPS) is 17.0. The Labute approximate surface area is 99.4 Å². The zero-order chi connectivity index (χ0) is 12.1. The number of carbonyl (C=O) groups is 1. The predicted octanol–water partition coefficient (Wildman–Crippen LogP) is 0.403. The first-order chi connectivity index (χ1) is 8.29. The lowest BCUT2D eigenvalue weighted by atomic mass is 10.4. The molecular weight excluding hydrogens is 224 g/mol. The molecule has 1 N–H and O–H groups in total. The molecule has 0 unspecified atom stereocenters. The smallest absolute Gasteiger partial charge is 0.373 e. The third-order valence-corrected chi connectivity index (χ3v) is 2.54. The molecule has 1 aliphatic heterocycles. The number of methoxy groups -OCH3 is 1. The summed E-state index contributed by atoms with van der Waals surface area (Å²) in [6.45, 7) is 3.73. The molecular formula is C11H16N2O4. The molecule has 0 amide bonds. The Morgan fingerprint density at radius 3 is 2.94 bits per heavy atom. The number of esters is 1. The molecule has 1 aromatic rings. The largest absolute Gasteiger partial charge is 0.463 e. The molecule has 1 fully saturated rings. The van der Waals surface area contributed by atoms with Crippen LogP contribution in [0.2, 0.25) is 0 Å². The average Bonchev–Trinajstić information content (AvgIpc) is 2.85. The van der Waals surface area contributed by atoms with Gasteiger partial charge in [0.1, 0.15) is 5.76 Å². The number of furan rings is 1. The number of rotatable bonds is 4. The van der Waals surface area contributed by atoms with Gasteiger partial charge in [-0.15, -0.1) is 0 Å². The van der Waals surface area contributed by atoms with Gasteiger partial charge in [-0.1, -0.05) is 0 Å². The van der Waals surface area contributed by atoms with E-state index in [0.717, 1.165) is 26.3 Å². The van der Waals surface area contributed by atoms with Gasteiger partial charge in [0.2, 0.25) is 5.76 Å². The van der Waals surface area contributed by atoms with Crippen LogP contribution in [0.1, 0.15) is 16.3 Å². The van der Waals surface area contributed by atoms with Crippen LogP contribution < -0.4 is 5.43 Å². The van der Waals surface area contributed by atoms with Crippen LogP contribution in [0.25, 0.3) is 0 Å². The van der Waals surface area contributed by atoms with E-state index < -0.39 is 5.97 Å². The Kier molecular flexibility index (Phi) is 4.13. The van der Waals surface area contributed by atoms with E-state index in [1.807, 2.05) is 0 Å². The van der Waals surface area contributed by atoms with E-state index in [-0.39, 0.29) is 5.76 Å². The molecule has 1 aliphatic rings. The Hall–Kier alpha value is -1.37. The van der Waals surface area contributed by atoms with Crippen LogP contribution in [-0.2, 0) is 16.0 Å². The minimum absolute atomic E-state index is 0.228. The fourth-order valence-corrected chi connectivity index (χ4v) is 1.59. The highest BCUT2D eigenvalue weighted by Gasteiger charge is 2.13. The lowest BCUT2D eigenvalue weighted by molar-refractivity contribution is 0.00935. The number of hydrogen-bond donors (Lipinski definition) is 1. The van der Waals surface area contributed by atoms with Gasteiger partial charge in [-0.3, -0.25) is 0 Å². The summed E-state index contributed by atoms with van der Waals surface area (Å²) in [5.41, 5.74) is 3.22. The van der Waals surface area contributed by atoms with Crippen molar-refractivity contribution in [3.05, 3.63) is 23.7 Å². The van der Waals surface area contributed by atoms with Crippen molar-refractivity contribution >= 4 is 5.97 Å². The molecule has 0 atom stereocenters. The first-order valence-electron chi connectivity index (χ1n) is 5.53. The summed E-state index contributed by atoms with van der Waals surface area (Å²) in [5.74, 6) is 0.478. The van der Waals surface area contributed by atoms with Gasteiger partial charge in [0.05, 0.1) is 26.9 Å². The number of hydrazine groups is 1. The molecule has 0 saturated carbocycles. The SMILES string of the molecule is COC(=O)c1ccc(CNN2CCOCC2)o1. The van der Waals surface area contributed by atoms with E-state index in [1.54, 1.807) is 12.1 Å². The van der Waals surface area contributed by atoms with Crippen LogP contribution in [0.4, 0.5) is 0 Å². The topological polar surface area (TPSA) is 63.9 Å². The zero-order valence-electron chi connectivity index (χ0n) is 9.77. The van der Waals surface area contributed by atoms with Crippen LogP contribution >= 0.6 is 0 Å². The molecule has 0 spiro atoms. The molecule has 94 valence electrons. The van der Waals surface area contributed by atoms with E-state index in [0.29, 0.717) is 12.3 Å². The zero-order valence-corrected chi connectivity index (χ0v) is 9.77. The fraction of sp³-hybridized carbons (Fsp3) is 0.545. The minimum Gasteiger partial charge on any atom is -0.463 e. The number of carbonyl (C=O) groups excluding carboxylic acids is 1. The van der Waals surface area contributed by atoms with Crippen LogP contribution in [0.15, 0.2) is 16.5 Å². The number of nitrogens with one attached hydrogen (secondary N) is 1. The van der Waals surface area contributed by atoms with Gasteiger partial charge in [0.25, 0.3) is 0 Å². The van der Waals surface area contributed by atoms with Gasteiger partial charge < -0.3 is 13.9 Å². The predicted molar refractivity (Wildman–Crippen MR) is 59.3 cm³/mol. The molecule has 0 aromatic carbocycles. The highest BCUT2D eigenvalue weighted by atomic mass is 16.5. The molecule has 17 heavy (non-hydrogen) atoms. The van der Waals surface area contributed by atoms with Gasteiger partial charge in [-0.2, -0.15) is 0 Å². The maximum Gasteiger partial charge on any atom is 0.373 e. The molecule has 1 saturated heterocycles. The van der Waals surface area contributed by atoms with Gasteiger partial charge >= 0.3 is 5.97 Å². The van der Waals surface area contributed by atoms with Crippen molar-refractivity contribution in [3.63, 3.8) is 0 Å². The second kappa shape index (κ2) is 5.81. The highest BCUT2D eigenvalue weighted by Crippen LogP contribution is 2.09. The standard InChI is InChI=1S/C11H16N2O4/c1-15-11(14)10-3-2-9(17-10)8-12-13-4-6-16-7-5-13/h2-3,12H,4-8H2,1H3. The van der Waals surface area contributed by atoms with Crippen molar-refractivity contribution in [2.45, 2.75) is 6.54 Å².